The molecule has 2 aromatic heterocycles. The average molecular weight is 348 g/mol. The molecular formula is C19H16N4OS. The van der Waals surface area contributed by atoms with Crippen molar-refractivity contribution in [3.63, 3.8) is 0 Å². The van der Waals surface area contributed by atoms with E-state index in [4.69, 9.17) is 0 Å². The smallest absolute Gasteiger partial charge is 0.209 e. The number of Topliss-reactive ketones (excluding diaryl/α,β-unsaturated/α-hetero) is 1. The summed E-state index contributed by atoms with van der Waals surface area (Å²) >= 11 is 1.37. The molecule has 2 heterocycles. The number of fused-ring (bicyclic) bond motifs is 1. The number of hydrogen-bond acceptors (Lipinski definition) is 4. The van der Waals surface area contributed by atoms with Crippen LogP contribution in [0.1, 0.15) is 17.3 Å². The molecule has 1 N–H and O–H groups in total. The average Bonchev–Trinajstić information content (AvgIpc) is 3.29. The van der Waals surface area contributed by atoms with Gasteiger partial charge in [-0.25, -0.2) is 9.67 Å². The zero-order valence-electron chi connectivity index (χ0n) is 13.6. The van der Waals surface area contributed by atoms with Crippen molar-refractivity contribution < 1.29 is 4.79 Å². The minimum atomic E-state index is -0.272. The van der Waals surface area contributed by atoms with Gasteiger partial charge in [0, 0.05) is 22.7 Å². The zero-order chi connectivity index (χ0) is 17.2. The van der Waals surface area contributed by atoms with E-state index < -0.39 is 0 Å². The number of aromatic amines is 1. The molecule has 0 saturated carbocycles. The molecule has 25 heavy (non-hydrogen) atoms. The molecule has 124 valence electrons. The van der Waals surface area contributed by atoms with Crippen LogP contribution in [0.5, 0.6) is 0 Å². The highest BCUT2D eigenvalue weighted by Gasteiger charge is 2.21. The van der Waals surface area contributed by atoms with Crippen molar-refractivity contribution in [2.45, 2.75) is 17.3 Å². The lowest BCUT2D eigenvalue weighted by atomic mass is 10.1. The molecule has 1 atom stereocenters. The topological polar surface area (TPSA) is 63.6 Å². The second-order valence-corrected chi connectivity index (χ2v) is 6.99. The van der Waals surface area contributed by atoms with E-state index in [-0.39, 0.29) is 11.0 Å². The number of nitrogens with one attached hydrogen (secondary N) is 1. The Balaban J connectivity index is 1.53. The minimum absolute atomic E-state index is 0.0681. The monoisotopic (exact) mass is 348 g/mol. The summed E-state index contributed by atoms with van der Waals surface area (Å²) in [4.78, 5) is 20.3. The fourth-order valence-corrected chi connectivity index (χ4v) is 3.51. The fraction of sp³-hybridized carbons (Fsp3) is 0.105. The number of ketones is 1. The summed E-state index contributed by atoms with van der Waals surface area (Å²) < 4.78 is 1.71. The summed E-state index contributed by atoms with van der Waals surface area (Å²) in [5, 5.41) is 5.72. The van der Waals surface area contributed by atoms with E-state index >= 15 is 0 Å². The van der Waals surface area contributed by atoms with Gasteiger partial charge in [0.1, 0.15) is 6.33 Å². The molecule has 0 aliphatic heterocycles. The largest absolute Gasteiger partial charge is 0.360 e. The van der Waals surface area contributed by atoms with E-state index in [0.29, 0.717) is 10.7 Å². The summed E-state index contributed by atoms with van der Waals surface area (Å²) in [5.41, 5.74) is 2.62. The first kappa shape index (κ1) is 15.7. The number of carbonyl (C=O) groups excluding carboxylic acids is 1. The lowest BCUT2D eigenvalue weighted by Gasteiger charge is -2.07. The van der Waals surface area contributed by atoms with E-state index in [1.54, 1.807) is 17.2 Å². The van der Waals surface area contributed by atoms with Crippen LogP contribution in [0.25, 0.3) is 16.6 Å². The standard InChI is InChI=1S/C19H16N4OS/c1-13(18(24)16-11-20-17-10-6-5-9-15(16)17)25-19-21-12-23(22-19)14-7-3-2-4-8-14/h2-13,20H,1H3/t13-/m1/s1. The number of benzene rings is 2. The lowest BCUT2D eigenvalue weighted by molar-refractivity contribution is 0.0995. The molecule has 0 fully saturated rings. The Morgan fingerprint density at radius 1 is 1.12 bits per heavy atom. The second kappa shape index (κ2) is 6.57. The summed E-state index contributed by atoms with van der Waals surface area (Å²) in [6.45, 7) is 1.89. The van der Waals surface area contributed by atoms with Gasteiger partial charge in [-0.3, -0.25) is 4.79 Å². The van der Waals surface area contributed by atoms with Crippen LogP contribution in [-0.4, -0.2) is 30.8 Å². The molecular weight excluding hydrogens is 332 g/mol. The third-order valence-electron chi connectivity index (χ3n) is 4.00. The third-order valence-corrected chi connectivity index (χ3v) is 4.96. The van der Waals surface area contributed by atoms with Crippen LogP contribution in [0.3, 0.4) is 0 Å². The molecule has 0 radical (unpaired) electrons. The molecule has 5 nitrogen and oxygen atoms in total. The van der Waals surface area contributed by atoms with Crippen LogP contribution in [0.4, 0.5) is 0 Å². The molecule has 0 unspecified atom stereocenters. The Morgan fingerprint density at radius 2 is 1.88 bits per heavy atom. The van der Waals surface area contributed by atoms with E-state index in [1.807, 2.05) is 61.5 Å². The lowest BCUT2D eigenvalue weighted by Crippen LogP contribution is -2.13. The Bertz CT molecular complexity index is 1020. The maximum absolute atomic E-state index is 12.8. The summed E-state index contributed by atoms with van der Waals surface area (Å²) in [6.07, 6.45) is 3.45. The third kappa shape index (κ3) is 3.08. The molecule has 4 rings (SSSR count). The molecule has 2 aromatic carbocycles. The van der Waals surface area contributed by atoms with Gasteiger partial charge in [0.05, 0.1) is 10.9 Å². The van der Waals surface area contributed by atoms with Gasteiger partial charge in [-0.2, -0.15) is 0 Å². The van der Waals surface area contributed by atoms with Gasteiger partial charge in [-0.05, 0) is 25.1 Å². The van der Waals surface area contributed by atoms with E-state index in [2.05, 4.69) is 15.1 Å². The summed E-state index contributed by atoms with van der Waals surface area (Å²) in [5.74, 6) is 0.0681. The number of thioether (sulfide) groups is 1. The highest BCUT2D eigenvalue weighted by Crippen LogP contribution is 2.26. The quantitative estimate of drug-likeness (QED) is 0.435. The molecule has 0 amide bonds. The first-order chi connectivity index (χ1) is 12.2. The van der Waals surface area contributed by atoms with Crippen molar-refractivity contribution in [1.82, 2.24) is 19.7 Å². The fourth-order valence-electron chi connectivity index (χ4n) is 2.71. The van der Waals surface area contributed by atoms with Crippen LogP contribution in [0, 0.1) is 0 Å². The maximum Gasteiger partial charge on any atom is 0.209 e. The Kier molecular flexibility index (Phi) is 4.11. The van der Waals surface area contributed by atoms with Gasteiger partial charge in [0.2, 0.25) is 5.16 Å². The Morgan fingerprint density at radius 3 is 2.72 bits per heavy atom. The van der Waals surface area contributed by atoms with E-state index in [0.717, 1.165) is 16.6 Å². The Hall–Kier alpha value is -2.86. The van der Waals surface area contributed by atoms with Crippen molar-refractivity contribution >= 4 is 28.4 Å². The van der Waals surface area contributed by atoms with Crippen molar-refractivity contribution in [1.29, 1.82) is 0 Å². The molecule has 4 aromatic rings. The summed E-state index contributed by atoms with van der Waals surface area (Å²) in [7, 11) is 0. The number of para-hydroxylation sites is 2. The van der Waals surface area contributed by atoms with Gasteiger partial charge in [-0.15, -0.1) is 5.10 Å². The second-order valence-electron chi connectivity index (χ2n) is 5.68. The van der Waals surface area contributed by atoms with Crippen molar-refractivity contribution in [3.8, 4) is 5.69 Å². The SMILES string of the molecule is C[C@@H](Sc1ncn(-c2ccccc2)n1)C(=O)c1c[nH]c2ccccc12. The van der Waals surface area contributed by atoms with Crippen molar-refractivity contribution in [2.75, 3.05) is 0 Å². The molecule has 0 aliphatic rings. The zero-order valence-corrected chi connectivity index (χ0v) is 14.4. The highest BCUT2D eigenvalue weighted by molar-refractivity contribution is 8.00. The van der Waals surface area contributed by atoms with Crippen LogP contribution in [0.15, 0.2) is 72.3 Å². The van der Waals surface area contributed by atoms with Gasteiger partial charge in [0.15, 0.2) is 5.78 Å². The van der Waals surface area contributed by atoms with Gasteiger partial charge < -0.3 is 4.98 Å². The minimum Gasteiger partial charge on any atom is -0.360 e. The van der Waals surface area contributed by atoms with E-state index in [9.17, 15) is 4.79 Å². The first-order valence-electron chi connectivity index (χ1n) is 7.96. The number of rotatable bonds is 5. The number of H-pyrrole nitrogens is 1. The molecule has 0 bridgehead atoms. The van der Waals surface area contributed by atoms with Gasteiger partial charge in [-0.1, -0.05) is 48.2 Å². The Labute approximate surface area is 149 Å². The normalized spacial score (nSPS) is 12.4. The first-order valence-corrected chi connectivity index (χ1v) is 8.84. The van der Waals surface area contributed by atoms with Crippen LogP contribution in [-0.2, 0) is 0 Å². The molecule has 0 aliphatic carbocycles. The van der Waals surface area contributed by atoms with Crippen molar-refractivity contribution in [2.24, 2.45) is 0 Å². The van der Waals surface area contributed by atoms with E-state index in [1.165, 1.54) is 11.8 Å². The number of aromatic nitrogens is 4. The number of carbonyl (C=O) groups is 1. The van der Waals surface area contributed by atoms with Crippen LogP contribution < -0.4 is 0 Å². The van der Waals surface area contributed by atoms with Crippen LogP contribution in [0.2, 0.25) is 0 Å². The highest BCUT2D eigenvalue weighted by atomic mass is 32.2. The molecule has 0 saturated heterocycles. The molecule has 6 heteroatoms. The molecule has 0 spiro atoms. The van der Waals surface area contributed by atoms with Crippen LogP contribution >= 0.6 is 11.8 Å². The summed E-state index contributed by atoms with van der Waals surface area (Å²) in [6, 6.07) is 17.6. The van der Waals surface area contributed by atoms with Crippen molar-refractivity contribution in [3.05, 3.63) is 72.7 Å². The van der Waals surface area contributed by atoms with Gasteiger partial charge >= 0.3 is 0 Å². The number of hydrogen-bond donors (Lipinski definition) is 1. The number of nitrogens with zero attached hydrogens (tertiary/aromatic N) is 3. The predicted octanol–water partition coefficient (Wildman–Crippen LogP) is 4.11. The van der Waals surface area contributed by atoms with Gasteiger partial charge in [0.25, 0.3) is 0 Å². The predicted molar refractivity (Wildman–Crippen MR) is 99.3 cm³/mol. The maximum atomic E-state index is 12.8.